The van der Waals surface area contributed by atoms with Crippen molar-refractivity contribution in [2.75, 3.05) is 11.1 Å². The van der Waals surface area contributed by atoms with E-state index in [1.807, 2.05) is 4.57 Å². The van der Waals surface area contributed by atoms with Crippen LogP contribution >= 0.6 is 11.8 Å². The molecule has 7 heteroatoms. The summed E-state index contributed by atoms with van der Waals surface area (Å²) in [5, 5.41) is 11.6. The number of carbonyl (C=O) groups excluding carboxylic acids is 1. The molecule has 1 aromatic heterocycles. The highest BCUT2D eigenvalue weighted by atomic mass is 32.2. The zero-order valence-corrected chi connectivity index (χ0v) is 14.5. The van der Waals surface area contributed by atoms with E-state index in [1.54, 1.807) is 18.2 Å². The van der Waals surface area contributed by atoms with Crippen molar-refractivity contribution in [3.63, 3.8) is 0 Å². The second kappa shape index (κ2) is 9.22. The molecule has 0 aliphatic heterocycles. The molecule has 0 unspecified atom stereocenters. The molecule has 128 valence electrons. The Labute approximate surface area is 145 Å². The lowest BCUT2D eigenvalue weighted by atomic mass is 10.2. The molecule has 0 bridgehead atoms. The average molecular weight is 348 g/mol. The van der Waals surface area contributed by atoms with Gasteiger partial charge in [0, 0.05) is 13.0 Å². The van der Waals surface area contributed by atoms with Gasteiger partial charge in [-0.15, -0.1) is 16.8 Å². The van der Waals surface area contributed by atoms with Crippen molar-refractivity contribution >= 4 is 23.4 Å². The van der Waals surface area contributed by atoms with Crippen molar-refractivity contribution in [1.29, 1.82) is 0 Å². The number of nitrogens with one attached hydrogen (secondary N) is 1. The minimum atomic E-state index is -0.451. The predicted octanol–water partition coefficient (Wildman–Crippen LogP) is 3.68. The third kappa shape index (κ3) is 4.92. The third-order valence-corrected chi connectivity index (χ3v) is 4.31. The quantitative estimate of drug-likeness (QED) is 0.555. The van der Waals surface area contributed by atoms with Crippen LogP contribution in [0.1, 0.15) is 25.6 Å². The molecule has 1 heterocycles. The van der Waals surface area contributed by atoms with Gasteiger partial charge in [-0.1, -0.05) is 43.3 Å². The van der Waals surface area contributed by atoms with Crippen LogP contribution in [0.5, 0.6) is 0 Å². The van der Waals surface area contributed by atoms with Gasteiger partial charge in [0.2, 0.25) is 5.91 Å². The van der Waals surface area contributed by atoms with Crippen LogP contribution in [0, 0.1) is 5.82 Å². The number of aryl methyl sites for hydroxylation is 1. The van der Waals surface area contributed by atoms with Gasteiger partial charge in [-0.3, -0.25) is 4.79 Å². The van der Waals surface area contributed by atoms with Gasteiger partial charge in [0.25, 0.3) is 0 Å². The summed E-state index contributed by atoms with van der Waals surface area (Å²) in [7, 11) is 0. The van der Waals surface area contributed by atoms with Gasteiger partial charge in [-0.05, 0) is 18.6 Å². The van der Waals surface area contributed by atoms with E-state index < -0.39 is 5.82 Å². The Morgan fingerprint density at radius 2 is 2.21 bits per heavy atom. The Hall–Kier alpha value is -2.15. The van der Waals surface area contributed by atoms with E-state index in [0.29, 0.717) is 11.7 Å². The van der Waals surface area contributed by atoms with E-state index in [0.717, 1.165) is 25.1 Å². The molecule has 0 saturated carbocycles. The first-order chi connectivity index (χ1) is 11.7. The van der Waals surface area contributed by atoms with Gasteiger partial charge in [-0.25, -0.2) is 4.39 Å². The summed E-state index contributed by atoms with van der Waals surface area (Å²) in [5.74, 6) is 0.298. The number of amides is 1. The monoisotopic (exact) mass is 348 g/mol. The van der Waals surface area contributed by atoms with Gasteiger partial charge < -0.3 is 9.88 Å². The standard InChI is InChI=1S/C17H21FN4OS/c1-3-5-10-15-20-21-17(22(15)11-4-2)24-12-16(23)19-14-9-7-6-8-13(14)18/h4,6-9H,2-3,5,10-12H2,1H3,(H,19,23). The lowest BCUT2D eigenvalue weighted by Gasteiger charge is -2.08. The molecule has 1 amide bonds. The highest BCUT2D eigenvalue weighted by molar-refractivity contribution is 7.99. The number of benzene rings is 1. The molecule has 2 aromatic rings. The van der Waals surface area contributed by atoms with Crippen LogP contribution in [0.3, 0.4) is 0 Å². The fourth-order valence-corrected chi connectivity index (χ4v) is 2.90. The summed E-state index contributed by atoms with van der Waals surface area (Å²) in [4.78, 5) is 12.0. The highest BCUT2D eigenvalue weighted by Crippen LogP contribution is 2.19. The third-order valence-electron chi connectivity index (χ3n) is 3.34. The molecule has 5 nitrogen and oxygen atoms in total. The number of carbonyl (C=O) groups is 1. The van der Waals surface area contributed by atoms with Gasteiger partial charge in [0.05, 0.1) is 11.4 Å². The number of thioether (sulfide) groups is 1. The minimum Gasteiger partial charge on any atom is -0.323 e. The summed E-state index contributed by atoms with van der Waals surface area (Å²) in [6.07, 6.45) is 4.74. The Bertz CT molecular complexity index is 702. The Morgan fingerprint density at radius 1 is 1.42 bits per heavy atom. The maximum absolute atomic E-state index is 13.5. The highest BCUT2D eigenvalue weighted by Gasteiger charge is 2.14. The summed E-state index contributed by atoms with van der Waals surface area (Å²) in [6.45, 7) is 6.47. The van der Waals surface area contributed by atoms with E-state index in [1.165, 1.54) is 23.9 Å². The first-order valence-electron chi connectivity index (χ1n) is 7.85. The number of hydrogen-bond donors (Lipinski definition) is 1. The molecule has 0 spiro atoms. The van der Waals surface area contributed by atoms with Crippen LogP contribution in [0.2, 0.25) is 0 Å². The van der Waals surface area contributed by atoms with Crippen LogP contribution in [-0.2, 0) is 17.8 Å². The number of hydrogen-bond acceptors (Lipinski definition) is 4. The molecule has 0 atom stereocenters. The number of unbranched alkanes of at least 4 members (excludes halogenated alkanes) is 1. The van der Waals surface area contributed by atoms with E-state index in [2.05, 4.69) is 29.0 Å². The zero-order chi connectivity index (χ0) is 17.4. The van der Waals surface area contributed by atoms with Crippen molar-refractivity contribution in [2.45, 2.75) is 37.9 Å². The molecule has 0 radical (unpaired) electrons. The summed E-state index contributed by atoms with van der Waals surface area (Å²) in [6, 6.07) is 6.09. The van der Waals surface area contributed by atoms with Crippen LogP contribution in [-0.4, -0.2) is 26.4 Å². The van der Waals surface area contributed by atoms with Crippen molar-refractivity contribution in [1.82, 2.24) is 14.8 Å². The molecule has 2 rings (SSSR count). The number of anilines is 1. The normalized spacial score (nSPS) is 10.6. The van der Waals surface area contributed by atoms with Crippen LogP contribution < -0.4 is 5.32 Å². The Balaban J connectivity index is 1.98. The molecule has 0 aliphatic rings. The van der Waals surface area contributed by atoms with Crippen LogP contribution in [0.25, 0.3) is 0 Å². The van der Waals surface area contributed by atoms with Crippen LogP contribution in [0.15, 0.2) is 42.1 Å². The fourth-order valence-electron chi connectivity index (χ4n) is 2.14. The maximum atomic E-state index is 13.5. The largest absolute Gasteiger partial charge is 0.323 e. The average Bonchev–Trinajstić information content (AvgIpc) is 2.95. The van der Waals surface area contributed by atoms with E-state index in [-0.39, 0.29) is 17.3 Å². The predicted molar refractivity (Wildman–Crippen MR) is 94.6 cm³/mol. The first kappa shape index (κ1) is 18.2. The number of allylic oxidation sites excluding steroid dienone is 1. The molecule has 0 saturated heterocycles. The Morgan fingerprint density at radius 3 is 2.92 bits per heavy atom. The fraction of sp³-hybridized carbons (Fsp3) is 0.353. The summed E-state index contributed by atoms with van der Waals surface area (Å²) < 4.78 is 15.5. The number of rotatable bonds is 9. The van der Waals surface area contributed by atoms with Gasteiger partial charge in [-0.2, -0.15) is 0 Å². The topological polar surface area (TPSA) is 59.8 Å². The molecule has 1 aromatic carbocycles. The van der Waals surface area contributed by atoms with Crippen molar-refractivity contribution in [3.8, 4) is 0 Å². The van der Waals surface area contributed by atoms with Gasteiger partial charge in [0.15, 0.2) is 5.16 Å². The summed E-state index contributed by atoms with van der Waals surface area (Å²) in [5.41, 5.74) is 0.180. The molecule has 1 N–H and O–H groups in total. The van der Waals surface area contributed by atoms with Crippen molar-refractivity contribution in [3.05, 3.63) is 48.6 Å². The summed E-state index contributed by atoms with van der Waals surface area (Å²) >= 11 is 1.28. The van der Waals surface area contributed by atoms with Gasteiger partial charge >= 0.3 is 0 Å². The van der Waals surface area contributed by atoms with E-state index in [9.17, 15) is 9.18 Å². The molecule has 0 aliphatic carbocycles. The first-order valence-corrected chi connectivity index (χ1v) is 8.84. The Kier molecular flexibility index (Phi) is 6.99. The second-order valence-electron chi connectivity index (χ2n) is 5.22. The molecule has 24 heavy (non-hydrogen) atoms. The molecule has 0 fully saturated rings. The SMILES string of the molecule is C=CCn1c(CCCC)nnc1SCC(=O)Nc1ccccc1F. The van der Waals surface area contributed by atoms with Crippen molar-refractivity contribution in [2.24, 2.45) is 0 Å². The van der Waals surface area contributed by atoms with Gasteiger partial charge in [0.1, 0.15) is 11.6 Å². The second-order valence-corrected chi connectivity index (χ2v) is 6.16. The molecular formula is C17H21FN4OS. The van der Waals surface area contributed by atoms with Crippen molar-refractivity contribution < 1.29 is 9.18 Å². The minimum absolute atomic E-state index is 0.136. The zero-order valence-electron chi connectivity index (χ0n) is 13.7. The smallest absolute Gasteiger partial charge is 0.234 e. The maximum Gasteiger partial charge on any atom is 0.234 e. The number of nitrogens with zero attached hydrogens (tertiary/aromatic N) is 3. The van der Waals surface area contributed by atoms with Crippen LogP contribution in [0.4, 0.5) is 10.1 Å². The molecular weight excluding hydrogens is 327 g/mol. The lowest BCUT2D eigenvalue weighted by Crippen LogP contribution is -2.15. The van der Waals surface area contributed by atoms with E-state index in [4.69, 9.17) is 0 Å². The number of aromatic nitrogens is 3. The number of para-hydroxylation sites is 1. The van der Waals surface area contributed by atoms with E-state index >= 15 is 0 Å². The number of halogens is 1. The lowest BCUT2D eigenvalue weighted by molar-refractivity contribution is -0.113.